The molecule has 0 radical (unpaired) electrons. The van der Waals surface area contributed by atoms with Gasteiger partial charge in [-0.2, -0.15) is 0 Å². The van der Waals surface area contributed by atoms with Gasteiger partial charge in [-0.25, -0.2) is 0 Å². The summed E-state index contributed by atoms with van der Waals surface area (Å²) in [5.74, 6) is 1.83. The molecular weight excluding hydrogens is 372 g/mol. The van der Waals surface area contributed by atoms with Crippen molar-refractivity contribution in [2.24, 2.45) is 0 Å². The Balaban J connectivity index is 2.28. The lowest BCUT2D eigenvalue weighted by molar-refractivity contribution is 0.104. The van der Waals surface area contributed by atoms with Gasteiger partial charge in [0.15, 0.2) is 17.3 Å². The van der Waals surface area contributed by atoms with Crippen LogP contribution in [0.25, 0.3) is 6.08 Å². The van der Waals surface area contributed by atoms with Crippen molar-refractivity contribution in [3.05, 3.63) is 57.6 Å². The van der Waals surface area contributed by atoms with Gasteiger partial charge in [0, 0.05) is 10.0 Å². The first-order valence-electron chi connectivity index (χ1n) is 7.28. The molecule has 0 aliphatic carbocycles. The van der Waals surface area contributed by atoms with E-state index in [-0.39, 0.29) is 5.78 Å². The number of hydrogen-bond acceptors (Lipinski definition) is 4. The van der Waals surface area contributed by atoms with E-state index in [1.54, 1.807) is 39.5 Å². The number of allylic oxidation sites excluding steroid dienone is 1. The molecule has 0 saturated heterocycles. The Hall–Kier alpha value is -2.27. The third kappa shape index (κ3) is 3.97. The number of ether oxygens (including phenoxy) is 3. The van der Waals surface area contributed by atoms with E-state index in [0.717, 1.165) is 15.6 Å². The lowest BCUT2D eigenvalue weighted by atomic mass is 10.1. The molecule has 4 nitrogen and oxygen atoms in total. The van der Waals surface area contributed by atoms with Crippen LogP contribution in [0.15, 0.2) is 40.9 Å². The van der Waals surface area contributed by atoms with E-state index in [1.165, 1.54) is 6.08 Å². The highest BCUT2D eigenvalue weighted by Gasteiger charge is 2.11. The van der Waals surface area contributed by atoms with E-state index in [4.69, 9.17) is 14.2 Å². The van der Waals surface area contributed by atoms with Crippen molar-refractivity contribution in [3.8, 4) is 17.2 Å². The van der Waals surface area contributed by atoms with Crippen LogP contribution in [0.1, 0.15) is 21.5 Å². The van der Waals surface area contributed by atoms with Crippen LogP contribution in [0.3, 0.4) is 0 Å². The maximum Gasteiger partial charge on any atom is 0.187 e. The SMILES string of the molecule is COc1cc(C(=O)/C=C/c2ccc(OC)c(OC)c2)c(Br)cc1C. The second-order valence-electron chi connectivity index (χ2n) is 5.11. The van der Waals surface area contributed by atoms with E-state index in [1.807, 2.05) is 25.1 Å². The van der Waals surface area contributed by atoms with Crippen molar-refractivity contribution in [1.29, 1.82) is 0 Å². The third-order valence-corrected chi connectivity index (χ3v) is 4.24. The molecule has 0 amide bonds. The normalized spacial score (nSPS) is 10.7. The summed E-state index contributed by atoms with van der Waals surface area (Å²) in [4.78, 5) is 12.5. The summed E-state index contributed by atoms with van der Waals surface area (Å²) in [5.41, 5.74) is 2.36. The van der Waals surface area contributed by atoms with Crippen molar-refractivity contribution < 1.29 is 19.0 Å². The van der Waals surface area contributed by atoms with E-state index in [0.29, 0.717) is 22.8 Å². The molecule has 0 aliphatic heterocycles. The summed E-state index contributed by atoms with van der Waals surface area (Å²) in [6.07, 6.45) is 3.26. The number of aryl methyl sites for hydroxylation is 1. The Morgan fingerprint density at radius 3 is 2.25 bits per heavy atom. The number of methoxy groups -OCH3 is 3. The van der Waals surface area contributed by atoms with Crippen molar-refractivity contribution in [2.45, 2.75) is 6.92 Å². The van der Waals surface area contributed by atoms with E-state index >= 15 is 0 Å². The second kappa shape index (κ2) is 8.02. The lowest BCUT2D eigenvalue weighted by Gasteiger charge is -2.09. The molecule has 0 aliphatic rings. The highest BCUT2D eigenvalue weighted by Crippen LogP contribution is 2.29. The summed E-state index contributed by atoms with van der Waals surface area (Å²) >= 11 is 3.43. The van der Waals surface area contributed by atoms with E-state index < -0.39 is 0 Å². The zero-order valence-corrected chi connectivity index (χ0v) is 15.6. The molecule has 0 heterocycles. The average Bonchev–Trinajstić information content (AvgIpc) is 2.59. The van der Waals surface area contributed by atoms with Crippen LogP contribution in [0.5, 0.6) is 17.2 Å². The standard InChI is InChI=1S/C19H19BrO4/c1-12-9-15(20)14(11-18(12)23-3)16(21)7-5-13-6-8-17(22-2)19(10-13)24-4/h5-11H,1-4H3/b7-5+. The summed E-state index contributed by atoms with van der Waals surface area (Å²) in [5, 5.41) is 0. The number of rotatable bonds is 6. The molecule has 2 aromatic carbocycles. The Bertz CT molecular complexity index is 781. The monoisotopic (exact) mass is 390 g/mol. The molecule has 2 rings (SSSR count). The van der Waals surface area contributed by atoms with Crippen LogP contribution in [-0.4, -0.2) is 27.1 Å². The quantitative estimate of drug-likeness (QED) is 0.530. The maximum atomic E-state index is 12.5. The molecule has 24 heavy (non-hydrogen) atoms. The van der Waals surface area contributed by atoms with Crippen LogP contribution in [0, 0.1) is 6.92 Å². The molecular formula is C19H19BrO4. The minimum atomic E-state index is -0.116. The Morgan fingerprint density at radius 1 is 0.958 bits per heavy atom. The largest absolute Gasteiger partial charge is 0.496 e. The van der Waals surface area contributed by atoms with Crippen LogP contribution >= 0.6 is 15.9 Å². The van der Waals surface area contributed by atoms with Gasteiger partial charge in [-0.15, -0.1) is 0 Å². The third-order valence-electron chi connectivity index (χ3n) is 3.58. The van der Waals surface area contributed by atoms with Gasteiger partial charge in [0.2, 0.25) is 0 Å². The smallest absolute Gasteiger partial charge is 0.187 e. The Kier molecular flexibility index (Phi) is 6.04. The number of hydrogen-bond donors (Lipinski definition) is 0. The van der Waals surface area contributed by atoms with Crippen LogP contribution in [0.2, 0.25) is 0 Å². The fraction of sp³-hybridized carbons (Fsp3) is 0.211. The molecule has 0 saturated carbocycles. The summed E-state index contributed by atoms with van der Waals surface area (Å²) < 4.78 is 16.5. The minimum absolute atomic E-state index is 0.116. The minimum Gasteiger partial charge on any atom is -0.496 e. The van der Waals surface area contributed by atoms with E-state index in [9.17, 15) is 4.79 Å². The number of carbonyl (C=O) groups excluding carboxylic acids is 1. The van der Waals surface area contributed by atoms with Gasteiger partial charge >= 0.3 is 0 Å². The van der Waals surface area contributed by atoms with Crippen molar-refractivity contribution in [3.63, 3.8) is 0 Å². The molecule has 0 fully saturated rings. The predicted molar refractivity (Wildman–Crippen MR) is 98.3 cm³/mol. The van der Waals surface area contributed by atoms with Crippen molar-refractivity contribution in [1.82, 2.24) is 0 Å². The Morgan fingerprint density at radius 2 is 1.62 bits per heavy atom. The molecule has 0 spiro atoms. The van der Waals surface area contributed by atoms with Crippen LogP contribution in [0.4, 0.5) is 0 Å². The number of halogens is 1. The summed E-state index contributed by atoms with van der Waals surface area (Å²) in [6, 6.07) is 9.08. The van der Waals surface area contributed by atoms with Crippen LogP contribution < -0.4 is 14.2 Å². The Labute approximate surface area is 150 Å². The first-order chi connectivity index (χ1) is 11.5. The topological polar surface area (TPSA) is 44.8 Å². The highest BCUT2D eigenvalue weighted by atomic mass is 79.9. The first-order valence-corrected chi connectivity index (χ1v) is 8.08. The highest BCUT2D eigenvalue weighted by molar-refractivity contribution is 9.10. The molecule has 2 aromatic rings. The molecule has 5 heteroatoms. The van der Waals surface area contributed by atoms with Crippen molar-refractivity contribution in [2.75, 3.05) is 21.3 Å². The number of carbonyl (C=O) groups is 1. The molecule has 0 aromatic heterocycles. The van der Waals surface area contributed by atoms with Gasteiger partial charge in [0.25, 0.3) is 0 Å². The number of benzene rings is 2. The number of ketones is 1. The predicted octanol–water partition coefficient (Wildman–Crippen LogP) is 4.68. The fourth-order valence-corrected chi connectivity index (χ4v) is 2.93. The molecule has 0 bridgehead atoms. The molecule has 0 unspecified atom stereocenters. The van der Waals surface area contributed by atoms with Gasteiger partial charge in [0.05, 0.1) is 21.3 Å². The molecule has 0 N–H and O–H groups in total. The zero-order valence-electron chi connectivity index (χ0n) is 14.1. The first kappa shape index (κ1) is 18.1. The summed E-state index contributed by atoms with van der Waals surface area (Å²) in [7, 11) is 4.75. The lowest BCUT2D eigenvalue weighted by Crippen LogP contribution is -1.98. The van der Waals surface area contributed by atoms with Crippen LogP contribution in [-0.2, 0) is 0 Å². The molecule has 126 valence electrons. The van der Waals surface area contributed by atoms with Gasteiger partial charge in [-0.1, -0.05) is 28.1 Å². The second-order valence-corrected chi connectivity index (χ2v) is 5.97. The average molecular weight is 391 g/mol. The van der Waals surface area contributed by atoms with Crippen molar-refractivity contribution >= 4 is 27.8 Å². The summed E-state index contributed by atoms with van der Waals surface area (Å²) in [6.45, 7) is 1.93. The molecule has 0 atom stereocenters. The van der Waals surface area contributed by atoms with Gasteiger partial charge in [0.1, 0.15) is 5.75 Å². The van der Waals surface area contributed by atoms with Gasteiger partial charge in [-0.3, -0.25) is 4.79 Å². The van der Waals surface area contributed by atoms with Gasteiger partial charge < -0.3 is 14.2 Å². The van der Waals surface area contributed by atoms with Gasteiger partial charge in [-0.05, 0) is 48.4 Å². The maximum absolute atomic E-state index is 12.5. The van der Waals surface area contributed by atoms with E-state index in [2.05, 4.69) is 15.9 Å². The fourth-order valence-electron chi connectivity index (χ4n) is 2.28. The zero-order chi connectivity index (χ0) is 17.7.